The SMILES string of the molecule is C=N/C(=N\C)c1cc([SH](=O)=O)ccc1N. The summed E-state index contributed by atoms with van der Waals surface area (Å²) in [4.78, 5) is 7.69. The van der Waals surface area contributed by atoms with Crippen LogP contribution in [0, 0.1) is 0 Å². The zero-order valence-electron chi connectivity index (χ0n) is 8.17. The monoisotopic (exact) mass is 225 g/mol. The zero-order chi connectivity index (χ0) is 11.4. The van der Waals surface area contributed by atoms with E-state index in [9.17, 15) is 8.42 Å². The van der Waals surface area contributed by atoms with Crippen LogP contribution in [-0.4, -0.2) is 28.0 Å². The third-order valence-electron chi connectivity index (χ3n) is 1.85. The molecule has 0 aromatic heterocycles. The summed E-state index contributed by atoms with van der Waals surface area (Å²) in [6, 6.07) is 4.37. The Bertz CT molecular complexity index is 484. The van der Waals surface area contributed by atoms with E-state index in [1.165, 1.54) is 25.2 Å². The highest BCUT2D eigenvalue weighted by atomic mass is 32.2. The summed E-state index contributed by atoms with van der Waals surface area (Å²) in [5.41, 5.74) is 6.57. The summed E-state index contributed by atoms with van der Waals surface area (Å²) in [6.45, 7) is 3.34. The van der Waals surface area contributed by atoms with Crippen LogP contribution in [0.4, 0.5) is 5.69 Å². The molecule has 1 aromatic rings. The third kappa shape index (κ3) is 2.41. The number of nitrogens with zero attached hydrogens (tertiary/aromatic N) is 2. The van der Waals surface area contributed by atoms with Gasteiger partial charge in [-0.25, -0.2) is 13.4 Å². The Balaban J connectivity index is 3.40. The van der Waals surface area contributed by atoms with E-state index in [4.69, 9.17) is 5.73 Å². The van der Waals surface area contributed by atoms with Crippen LogP contribution < -0.4 is 5.73 Å². The first kappa shape index (κ1) is 11.4. The first-order valence-electron chi connectivity index (χ1n) is 4.08. The molecule has 5 nitrogen and oxygen atoms in total. The van der Waals surface area contributed by atoms with Gasteiger partial charge in [0.05, 0.1) is 4.90 Å². The Hall–Kier alpha value is -1.69. The molecule has 0 aliphatic rings. The van der Waals surface area contributed by atoms with Crippen LogP contribution >= 0.6 is 0 Å². The van der Waals surface area contributed by atoms with Gasteiger partial charge in [0.25, 0.3) is 0 Å². The predicted molar refractivity (Wildman–Crippen MR) is 61.4 cm³/mol. The summed E-state index contributed by atoms with van der Waals surface area (Å²) in [6.07, 6.45) is 0. The van der Waals surface area contributed by atoms with Crippen LogP contribution in [0.3, 0.4) is 0 Å². The van der Waals surface area contributed by atoms with E-state index in [1.807, 2.05) is 0 Å². The number of thiol groups is 1. The molecular formula is C9H11N3O2S. The van der Waals surface area contributed by atoms with Gasteiger partial charge in [-0.1, -0.05) is 0 Å². The lowest BCUT2D eigenvalue weighted by molar-refractivity contribution is 0.614. The highest BCUT2D eigenvalue weighted by molar-refractivity contribution is 7.72. The molecule has 0 aliphatic heterocycles. The molecule has 1 rings (SSSR count). The molecule has 0 saturated carbocycles. The van der Waals surface area contributed by atoms with Gasteiger partial charge in [-0.2, -0.15) is 0 Å². The van der Waals surface area contributed by atoms with Crippen molar-refractivity contribution < 1.29 is 8.42 Å². The Labute approximate surface area is 89.3 Å². The molecule has 80 valence electrons. The second-order valence-electron chi connectivity index (χ2n) is 2.73. The van der Waals surface area contributed by atoms with Gasteiger partial charge < -0.3 is 5.73 Å². The number of rotatable bonds is 2. The molecule has 15 heavy (non-hydrogen) atoms. The van der Waals surface area contributed by atoms with Crippen molar-refractivity contribution in [2.24, 2.45) is 9.98 Å². The topological polar surface area (TPSA) is 84.9 Å². The molecule has 1 aromatic carbocycles. The summed E-state index contributed by atoms with van der Waals surface area (Å²) >= 11 is 0. The minimum absolute atomic E-state index is 0.180. The van der Waals surface area contributed by atoms with Crippen LogP contribution in [0.15, 0.2) is 33.1 Å². The number of nitrogen functional groups attached to an aromatic ring is 1. The second kappa shape index (κ2) is 4.70. The van der Waals surface area contributed by atoms with E-state index in [0.29, 0.717) is 17.1 Å². The minimum atomic E-state index is -2.63. The molecule has 0 atom stereocenters. The number of amidine groups is 1. The third-order valence-corrected chi connectivity index (χ3v) is 2.55. The summed E-state index contributed by atoms with van der Waals surface area (Å²) in [5, 5.41) is 0. The fraction of sp³-hybridized carbons (Fsp3) is 0.111. The van der Waals surface area contributed by atoms with E-state index < -0.39 is 10.7 Å². The van der Waals surface area contributed by atoms with Crippen molar-refractivity contribution in [3.63, 3.8) is 0 Å². The maximum atomic E-state index is 10.8. The van der Waals surface area contributed by atoms with Gasteiger partial charge in [0.15, 0.2) is 16.5 Å². The molecule has 0 radical (unpaired) electrons. The molecule has 6 heteroatoms. The highest BCUT2D eigenvalue weighted by Gasteiger charge is 2.07. The van der Waals surface area contributed by atoms with Crippen molar-refractivity contribution in [2.75, 3.05) is 12.8 Å². The van der Waals surface area contributed by atoms with E-state index >= 15 is 0 Å². The average molecular weight is 225 g/mol. The van der Waals surface area contributed by atoms with Crippen molar-refractivity contribution in [3.05, 3.63) is 23.8 Å². The standard InChI is InChI=1S/C9H11N3O2S/c1-11-9(12-2)7-5-6(15(13)14)3-4-8(7)10/h3-5,15H,1,10H2,2H3/b12-9-. The first-order valence-corrected chi connectivity index (χ1v) is 5.25. The van der Waals surface area contributed by atoms with Crippen LogP contribution in [-0.2, 0) is 10.7 Å². The van der Waals surface area contributed by atoms with Gasteiger partial charge in [-0.05, 0) is 24.9 Å². The largest absolute Gasteiger partial charge is 0.398 e. The second-order valence-corrected chi connectivity index (χ2v) is 3.76. The van der Waals surface area contributed by atoms with Crippen molar-refractivity contribution >= 4 is 28.9 Å². The molecule has 0 bridgehead atoms. The van der Waals surface area contributed by atoms with Gasteiger partial charge in [0.2, 0.25) is 0 Å². The first-order chi connectivity index (χ1) is 7.10. The predicted octanol–water partition coefficient (Wildman–Crippen LogP) is 0.316. The average Bonchev–Trinajstić information content (AvgIpc) is 2.22. The Kier molecular flexibility index (Phi) is 3.56. The molecule has 0 saturated heterocycles. The van der Waals surface area contributed by atoms with E-state index in [0.717, 1.165) is 0 Å². The number of aliphatic imine (C=N–C) groups is 2. The van der Waals surface area contributed by atoms with Gasteiger partial charge >= 0.3 is 0 Å². The summed E-state index contributed by atoms with van der Waals surface area (Å²) in [5.74, 6) is 0.325. The van der Waals surface area contributed by atoms with E-state index in [-0.39, 0.29) is 4.90 Å². The lowest BCUT2D eigenvalue weighted by atomic mass is 10.1. The van der Waals surface area contributed by atoms with Gasteiger partial charge in [0.1, 0.15) is 0 Å². The fourth-order valence-electron chi connectivity index (χ4n) is 1.13. The van der Waals surface area contributed by atoms with Crippen molar-refractivity contribution in [3.8, 4) is 0 Å². The number of hydrogen-bond acceptors (Lipinski definition) is 4. The summed E-state index contributed by atoms with van der Waals surface area (Å²) in [7, 11) is -1.10. The normalized spacial score (nSPS) is 11.7. The van der Waals surface area contributed by atoms with Crippen LogP contribution in [0.1, 0.15) is 5.56 Å². The zero-order valence-corrected chi connectivity index (χ0v) is 9.07. The lowest BCUT2D eigenvalue weighted by Crippen LogP contribution is -2.03. The van der Waals surface area contributed by atoms with Gasteiger partial charge in [0, 0.05) is 18.3 Å². The summed E-state index contributed by atoms with van der Waals surface area (Å²) < 4.78 is 21.5. The number of benzene rings is 1. The number of anilines is 1. The molecule has 0 unspecified atom stereocenters. The van der Waals surface area contributed by atoms with E-state index in [2.05, 4.69) is 16.7 Å². The number of hydrogen-bond donors (Lipinski definition) is 2. The smallest absolute Gasteiger partial charge is 0.168 e. The molecule has 0 spiro atoms. The molecular weight excluding hydrogens is 214 g/mol. The minimum Gasteiger partial charge on any atom is -0.398 e. The molecule has 0 fully saturated rings. The van der Waals surface area contributed by atoms with Crippen LogP contribution in [0.2, 0.25) is 0 Å². The lowest BCUT2D eigenvalue weighted by Gasteiger charge is -2.04. The van der Waals surface area contributed by atoms with Crippen molar-refractivity contribution in [1.29, 1.82) is 0 Å². The Morgan fingerprint density at radius 3 is 2.60 bits per heavy atom. The maximum Gasteiger partial charge on any atom is 0.168 e. The number of nitrogens with two attached hydrogens (primary N) is 1. The van der Waals surface area contributed by atoms with Gasteiger partial charge in [-0.15, -0.1) is 0 Å². The highest BCUT2D eigenvalue weighted by Crippen LogP contribution is 2.16. The quantitative estimate of drug-likeness (QED) is 0.329. The van der Waals surface area contributed by atoms with Crippen LogP contribution in [0.25, 0.3) is 0 Å². The Morgan fingerprint density at radius 1 is 1.47 bits per heavy atom. The van der Waals surface area contributed by atoms with Crippen molar-refractivity contribution in [2.45, 2.75) is 4.90 Å². The Morgan fingerprint density at radius 2 is 2.13 bits per heavy atom. The molecule has 0 heterocycles. The molecule has 0 amide bonds. The maximum absolute atomic E-state index is 10.8. The van der Waals surface area contributed by atoms with E-state index in [1.54, 1.807) is 0 Å². The van der Waals surface area contributed by atoms with Crippen molar-refractivity contribution in [1.82, 2.24) is 0 Å². The molecule has 2 N–H and O–H groups in total. The van der Waals surface area contributed by atoms with Gasteiger partial charge in [-0.3, -0.25) is 4.99 Å². The molecule has 0 aliphatic carbocycles. The fourth-order valence-corrected chi connectivity index (χ4v) is 1.56. The van der Waals surface area contributed by atoms with Crippen LogP contribution in [0.5, 0.6) is 0 Å².